The second kappa shape index (κ2) is 4.19. The largest absolute Gasteiger partial charge is 0.459 e. The Hall–Kier alpha value is -1.12. The number of aliphatic hydroxyl groups excluding tert-OH is 1. The van der Waals surface area contributed by atoms with Crippen molar-refractivity contribution in [3.05, 3.63) is 0 Å². The predicted octanol–water partition coefficient (Wildman–Crippen LogP) is 1.60. The number of nitriles is 1. The zero-order chi connectivity index (χ0) is 14.7. The van der Waals surface area contributed by atoms with Gasteiger partial charge < -0.3 is 14.6 Å². The Balaban J connectivity index is 1.78. The molecule has 3 rings (SSSR count). The van der Waals surface area contributed by atoms with Gasteiger partial charge in [0, 0.05) is 11.8 Å². The van der Waals surface area contributed by atoms with Crippen LogP contribution in [0.3, 0.4) is 0 Å². The smallest absolute Gasteiger partial charge is 0.311 e. The number of aliphatic hydroxyl groups is 1. The molecule has 0 aromatic rings. The Morgan fingerprint density at radius 3 is 2.90 bits per heavy atom. The number of hydrogen-bond acceptors (Lipinski definition) is 5. The Bertz CT molecular complexity index is 483. The minimum absolute atomic E-state index is 0.00459. The van der Waals surface area contributed by atoms with E-state index in [1.165, 1.54) is 0 Å². The van der Waals surface area contributed by atoms with Gasteiger partial charge in [-0.05, 0) is 33.1 Å². The summed E-state index contributed by atoms with van der Waals surface area (Å²) in [6.45, 7) is 5.69. The van der Waals surface area contributed by atoms with Gasteiger partial charge in [-0.1, -0.05) is 6.92 Å². The van der Waals surface area contributed by atoms with Crippen LogP contribution < -0.4 is 0 Å². The highest BCUT2D eigenvalue weighted by molar-refractivity contribution is 5.76. The lowest BCUT2D eigenvalue weighted by Gasteiger charge is -2.32. The Labute approximate surface area is 118 Å². The van der Waals surface area contributed by atoms with Gasteiger partial charge in [0.2, 0.25) is 0 Å². The second-order valence-corrected chi connectivity index (χ2v) is 7.02. The monoisotopic (exact) mass is 279 g/mol. The number of carbonyl (C=O) groups excluding carboxylic acids is 1. The molecule has 0 spiro atoms. The molecule has 0 amide bonds. The van der Waals surface area contributed by atoms with Crippen LogP contribution in [0.25, 0.3) is 0 Å². The summed E-state index contributed by atoms with van der Waals surface area (Å²) >= 11 is 0. The number of carbonyl (C=O) groups is 1. The van der Waals surface area contributed by atoms with E-state index in [0.29, 0.717) is 12.8 Å². The van der Waals surface area contributed by atoms with Crippen LogP contribution in [0.5, 0.6) is 0 Å². The molecule has 1 aliphatic heterocycles. The first-order chi connectivity index (χ1) is 9.35. The van der Waals surface area contributed by atoms with Crippen LogP contribution in [0.1, 0.15) is 40.0 Å². The Kier molecular flexibility index (Phi) is 2.90. The molecule has 0 radical (unpaired) electrons. The topological polar surface area (TPSA) is 79.6 Å². The van der Waals surface area contributed by atoms with Crippen molar-refractivity contribution in [3.63, 3.8) is 0 Å². The first kappa shape index (κ1) is 13.8. The van der Waals surface area contributed by atoms with E-state index in [2.05, 4.69) is 6.07 Å². The van der Waals surface area contributed by atoms with E-state index in [0.717, 1.165) is 6.42 Å². The number of esters is 1. The van der Waals surface area contributed by atoms with Crippen LogP contribution in [0.15, 0.2) is 0 Å². The lowest BCUT2D eigenvalue weighted by atomic mass is 9.74. The van der Waals surface area contributed by atoms with Gasteiger partial charge in [-0.3, -0.25) is 4.79 Å². The third-order valence-corrected chi connectivity index (χ3v) is 5.62. The fourth-order valence-corrected chi connectivity index (χ4v) is 3.88. The van der Waals surface area contributed by atoms with Crippen LogP contribution in [-0.4, -0.2) is 29.6 Å². The molecule has 1 N–H and O–H groups in total. The van der Waals surface area contributed by atoms with Gasteiger partial charge in [0.05, 0.1) is 11.5 Å². The average Bonchev–Trinajstić information content (AvgIpc) is 3.00. The fraction of sp³-hybridized carbons (Fsp3) is 0.867. The summed E-state index contributed by atoms with van der Waals surface area (Å²) in [6.07, 6.45) is 0.409. The van der Waals surface area contributed by atoms with Crippen LogP contribution >= 0.6 is 0 Å². The summed E-state index contributed by atoms with van der Waals surface area (Å²) in [7, 11) is 0. The predicted molar refractivity (Wildman–Crippen MR) is 69.1 cm³/mol. The molecule has 2 bridgehead atoms. The minimum atomic E-state index is -1.05. The fourth-order valence-electron chi connectivity index (χ4n) is 3.88. The molecule has 2 saturated carbocycles. The van der Waals surface area contributed by atoms with Gasteiger partial charge in [-0.15, -0.1) is 0 Å². The molecule has 20 heavy (non-hydrogen) atoms. The van der Waals surface area contributed by atoms with E-state index < -0.39 is 17.1 Å². The first-order valence-corrected chi connectivity index (χ1v) is 7.31. The summed E-state index contributed by atoms with van der Waals surface area (Å²) in [6, 6.07) is 2.25. The van der Waals surface area contributed by atoms with E-state index in [9.17, 15) is 15.2 Å². The highest BCUT2D eigenvalue weighted by atomic mass is 16.6. The van der Waals surface area contributed by atoms with Gasteiger partial charge in [0.25, 0.3) is 0 Å². The molecular weight excluding hydrogens is 258 g/mol. The van der Waals surface area contributed by atoms with Crippen molar-refractivity contribution >= 4 is 5.97 Å². The van der Waals surface area contributed by atoms with Crippen molar-refractivity contribution in [3.8, 4) is 6.07 Å². The zero-order valence-corrected chi connectivity index (χ0v) is 12.1. The van der Waals surface area contributed by atoms with E-state index in [1.54, 1.807) is 0 Å². The van der Waals surface area contributed by atoms with Crippen molar-refractivity contribution in [2.75, 3.05) is 0 Å². The molecule has 6 atom stereocenters. The van der Waals surface area contributed by atoms with Gasteiger partial charge in [-0.25, -0.2) is 0 Å². The molecular formula is C15H21NO4. The third kappa shape index (κ3) is 1.58. The number of hydrogen-bond donors (Lipinski definition) is 1. The summed E-state index contributed by atoms with van der Waals surface area (Å²) < 4.78 is 11.2. The molecule has 5 nitrogen and oxygen atoms in total. The summed E-state index contributed by atoms with van der Waals surface area (Å²) in [5.74, 6) is -0.0847. The van der Waals surface area contributed by atoms with Gasteiger partial charge >= 0.3 is 5.97 Å². The average molecular weight is 279 g/mol. The maximum atomic E-state index is 12.2. The number of fused-ring (bicyclic) bond motifs is 1. The third-order valence-electron chi connectivity index (χ3n) is 5.62. The normalized spacial score (nSPS) is 45.5. The zero-order valence-electron chi connectivity index (χ0n) is 12.1. The minimum Gasteiger partial charge on any atom is -0.459 e. The van der Waals surface area contributed by atoms with Crippen molar-refractivity contribution in [2.24, 2.45) is 22.7 Å². The lowest BCUT2D eigenvalue weighted by molar-refractivity contribution is -0.174. The van der Waals surface area contributed by atoms with Crippen molar-refractivity contribution in [1.29, 1.82) is 5.26 Å². The summed E-state index contributed by atoms with van der Waals surface area (Å²) in [4.78, 5) is 12.2. The van der Waals surface area contributed by atoms with Crippen LogP contribution in [0, 0.1) is 34.0 Å². The van der Waals surface area contributed by atoms with Crippen LogP contribution in [0.2, 0.25) is 0 Å². The molecule has 2 aliphatic carbocycles. The van der Waals surface area contributed by atoms with Crippen LogP contribution in [-0.2, 0) is 14.3 Å². The van der Waals surface area contributed by atoms with E-state index in [-0.39, 0.29) is 30.0 Å². The summed E-state index contributed by atoms with van der Waals surface area (Å²) in [5, 5.41) is 19.4. The van der Waals surface area contributed by atoms with Crippen molar-refractivity contribution in [1.82, 2.24) is 0 Å². The highest BCUT2D eigenvalue weighted by Crippen LogP contribution is 2.63. The van der Waals surface area contributed by atoms with Gasteiger partial charge in [-0.2, -0.15) is 5.26 Å². The first-order valence-electron chi connectivity index (χ1n) is 7.31. The number of rotatable bonds is 3. The van der Waals surface area contributed by atoms with Gasteiger partial charge in [0.1, 0.15) is 17.6 Å². The molecule has 0 aromatic heterocycles. The molecule has 6 unspecified atom stereocenters. The SMILES string of the molecule is CCC(C)(C)C(=O)OC1C2CC3C1OC(O)C3(C#N)C2. The Morgan fingerprint density at radius 1 is 1.60 bits per heavy atom. The second-order valence-electron chi connectivity index (χ2n) is 7.02. The van der Waals surface area contributed by atoms with E-state index in [1.807, 2.05) is 20.8 Å². The van der Waals surface area contributed by atoms with Crippen molar-refractivity contribution < 1.29 is 19.4 Å². The standard InChI is InChI=1S/C15H21NO4/c1-4-14(2,3)12(17)19-10-8-5-9-11(10)20-13(18)15(9,6-8)7-16/h8-11,13,18H,4-6H2,1-3H3. The molecule has 0 aromatic carbocycles. The summed E-state index contributed by atoms with van der Waals surface area (Å²) in [5.41, 5.74) is -1.29. The van der Waals surface area contributed by atoms with Crippen LogP contribution in [0.4, 0.5) is 0 Å². The molecule has 1 heterocycles. The van der Waals surface area contributed by atoms with E-state index in [4.69, 9.17) is 9.47 Å². The molecule has 110 valence electrons. The lowest BCUT2D eigenvalue weighted by Crippen LogP contribution is -2.42. The number of nitrogens with zero attached hydrogens (tertiary/aromatic N) is 1. The molecule has 3 fully saturated rings. The highest BCUT2D eigenvalue weighted by Gasteiger charge is 2.71. The molecule has 1 saturated heterocycles. The molecule has 5 heteroatoms. The van der Waals surface area contributed by atoms with E-state index >= 15 is 0 Å². The van der Waals surface area contributed by atoms with Gasteiger partial charge in [0.15, 0.2) is 6.29 Å². The maximum absolute atomic E-state index is 12.2. The quantitative estimate of drug-likeness (QED) is 0.794. The molecule has 3 aliphatic rings. The Morgan fingerprint density at radius 2 is 2.30 bits per heavy atom. The number of ether oxygens (including phenoxy) is 2. The van der Waals surface area contributed by atoms with Crippen molar-refractivity contribution in [2.45, 2.75) is 58.5 Å². The maximum Gasteiger partial charge on any atom is 0.311 e.